The van der Waals surface area contributed by atoms with Gasteiger partial charge in [-0.05, 0) is 38.5 Å². The molecule has 22 heavy (non-hydrogen) atoms. The number of carbonyl (C=O) groups excluding carboxylic acids is 3. The zero-order valence-electron chi connectivity index (χ0n) is 13.1. The lowest BCUT2D eigenvalue weighted by molar-refractivity contribution is -0.144. The quantitative estimate of drug-likeness (QED) is 0.570. The van der Waals surface area contributed by atoms with Crippen molar-refractivity contribution in [3.8, 4) is 0 Å². The summed E-state index contributed by atoms with van der Waals surface area (Å²) >= 11 is 0. The van der Waals surface area contributed by atoms with Crippen LogP contribution in [0.25, 0.3) is 0 Å². The molecule has 6 heteroatoms. The van der Waals surface area contributed by atoms with Crippen molar-refractivity contribution in [2.45, 2.75) is 32.8 Å². The molecular formula is C16H23NO5. The van der Waals surface area contributed by atoms with E-state index in [1.807, 2.05) is 6.92 Å². The van der Waals surface area contributed by atoms with Crippen LogP contribution in [0.15, 0.2) is 0 Å². The third-order valence-electron chi connectivity index (χ3n) is 5.58. The standard InChI is InChI=1S/C16H23NO5/c1-3-21-16(20)17-5-4-11-10(7-17)6-12-14(13(11)8-18)9(2)22-15(12)19/h8-14H,3-7H2,1-2H3/t9-,10-,11-,12-,13+,14-/m1/s1. The lowest BCUT2D eigenvalue weighted by Gasteiger charge is -2.47. The van der Waals surface area contributed by atoms with Crippen LogP contribution in [0.1, 0.15) is 26.7 Å². The Morgan fingerprint density at radius 3 is 2.95 bits per heavy atom. The first-order valence-corrected chi connectivity index (χ1v) is 8.14. The van der Waals surface area contributed by atoms with Crippen molar-refractivity contribution < 1.29 is 23.9 Å². The molecule has 0 spiro atoms. The molecular weight excluding hydrogens is 286 g/mol. The van der Waals surface area contributed by atoms with Gasteiger partial charge >= 0.3 is 12.1 Å². The van der Waals surface area contributed by atoms with Gasteiger partial charge in [-0.25, -0.2) is 4.79 Å². The van der Waals surface area contributed by atoms with Gasteiger partial charge < -0.3 is 19.2 Å². The molecule has 2 heterocycles. The van der Waals surface area contributed by atoms with Gasteiger partial charge in [0.1, 0.15) is 12.4 Å². The van der Waals surface area contributed by atoms with Crippen molar-refractivity contribution in [3.63, 3.8) is 0 Å². The predicted molar refractivity (Wildman–Crippen MR) is 76.9 cm³/mol. The van der Waals surface area contributed by atoms with Crippen LogP contribution in [0.5, 0.6) is 0 Å². The zero-order chi connectivity index (χ0) is 15.9. The number of carbonyl (C=O) groups is 3. The molecule has 3 aliphatic rings. The van der Waals surface area contributed by atoms with Gasteiger partial charge in [0.15, 0.2) is 0 Å². The molecule has 1 aliphatic carbocycles. The molecule has 0 aromatic heterocycles. The summed E-state index contributed by atoms with van der Waals surface area (Å²) in [6.45, 7) is 5.21. The van der Waals surface area contributed by atoms with Gasteiger partial charge in [-0.3, -0.25) is 4.79 Å². The second kappa shape index (κ2) is 5.89. The van der Waals surface area contributed by atoms with Crippen molar-refractivity contribution in [1.82, 2.24) is 4.90 Å². The van der Waals surface area contributed by atoms with Crippen molar-refractivity contribution in [2.24, 2.45) is 29.6 Å². The predicted octanol–water partition coefficient (Wildman–Crippen LogP) is 1.48. The largest absolute Gasteiger partial charge is 0.462 e. The number of esters is 1. The summed E-state index contributed by atoms with van der Waals surface area (Å²) < 4.78 is 10.4. The third kappa shape index (κ3) is 2.38. The SMILES string of the molecule is CCOC(=O)N1CC[C@@H]2[C@H](C[C@H]3C(=O)O[C@H](C)[C@H]3[C@H]2C=O)C1. The Balaban J connectivity index is 1.77. The van der Waals surface area contributed by atoms with Crippen molar-refractivity contribution in [3.05, 3.63) is 0 Å². The minimum atomic E-state index is -0.298. The zero-order valence-corrected chi connectivity index (χ0v) is 13.1. The van der Waals surface area contributed by atoms with Gasteiger partial charge in [0, 0.05) is 24.9 Å². The maximum atomic E-state index is 12.0. The highest BCUT2D eigenvalue weighted by Crippen LogP contribution is 2.50. The molecule has 2 saturated heterocycles. The molecule has 0 aromatic rings. The smallest absolute Gasteiger partial charge is 0.409 e. The van der Waals surface area contributed by atoms with E-state index in [1.54, 1.807) is 11.8 Å². The summed E-state index contributed by atoms with van der Waals surface area (Å²) in [7, 11) is 0. The lowest BCUT2D eigenvalue weighted by atomic mass is 9.60. The highest BCUT2D eigenvalue weighted by molar-refractivity contribution is 5.77. The van der Waals surface area contributed by atoms with Crippen LogP contribution in [0.3, 0.4) is 0 Å². The van der Waals surface area contributed by atoms with Gasteiger partial charge in [0.05, 0.1) is 12.5 Å². The Kier molecular flexibility index (Phi) is 4.10. The lowest BCUT2D eigenvalue weighted by Crippen LogP contribution is -2.52. The number of likely N-dealkylation sites (tertiary alicyclic amines) is 1. The molecule has 0 unspecified atom stereocenters. The Bertz CT molecular complexity index is 479. The molecule has 0 bridgehead atoms. The molecule has 3 rings (SSSR count). The summed E-state index contributed by atoms with van der Waals surface area (Å²) in [5.74, 6) is -0.117. The Hall–Kier alpha value is -1.59. The van der Waals surface area contributed by atoms with Gasteiger partial charge in [-0.15, -0.1) is 0 Å². The van der Waals surface area contributed by atoms with E-state index in [4.69, 9.17) is 9.47 Å². The molecule has 0 aromatic carbocycles. The maximum Gasteiger partial charge on any atom is 0.409 e. The first-order valence-electron chi connectivity index (χ1n) is 8.14. The van der Waals surface area contributed by atoms with E-state index in [0.29, 0.717) is 26.1 Å². The fourth-order valence-electron chi connectivity index (χ4n) is 4.66. The van der Waals surface area contributed by atoms with Gasteiger partial charge in [-0.1, -0.05) is 0 Å². The second-order valence-corrected chi connectivity index (χ2v) is 6.63. The number of piperidine rings is 1. The van der Waals surface area contributed by atoms with Crippen LogP contribution in [0, 0.1) is 29.6 Å². The Morgan fingerprint density at radius 2 is 2.27 bits per heavy atom. The minimum Gasteiger partial charge on any atom is -0.462 e. The van der Waals surface area contributed by atoms with E-state index in [0.717, 1.165) is 12.7 Å². The Morgan fingerprint density at radius 1 is 1.50 bits per heavy atom. The number of hydrogen-bond donors (Lipinski definition) is 0. The topological polar surface area (TPSA) is 72.9 Å². The van der Waals surface area contributed by atoms with E-state index in [-0.39, 0.29) is 47.8 Å². The van der Waals surface area contributed by atoms with Crippen molar-refractivity contribution >= 4 is 18.3 Å². The number of aldehydes is 1. The fourth-order valence-corrected chi connectivity index (χ4v) is 4.66. The summed E-state index contributed by atoms with van der Waals surface area (Å²) in [5, 5.41) is 0. The molecule has 0 radical (unpaired) electrons. The third-order valence-corrected chi connectivity index (χ3v) is 5.58. The molecule has 6 nitrogen and oxygen atoms in total. The van der Waals surface area contributed by atoms with Crippen LogP contribution in [0.4, 0.5) is 4.79 Å². The normalized spacial score (nSPS) is 40.5. The fraction of sp³-hybridized carbons (Fsp3) is 0.812. The molecule has 1 amide bonds. The highest BCUT2D eigenvalue weighted by atomic mass is 16.6. The van der Waals surface area contributed by atoms with E-state index < -0.39 is 0 Å². The number of rotatable bonds is 2. The molecule has 3 fully saturated rings. The van der Waals surface area contributed by atoms with Gasteiger partial charge in [0.2, 0.25) is 0 Å². The number of amides is 1. The first kappa shape index (κ1) is 15.3. The first-order chi connectivity index (χ1) is 10.6. The van der Waals surface area contributed by atoms with Gasteiger partial charge in [-0.2, -0.15) is 0 Å². The van der Waals surface area contributed by atoms with Crippen molar-refractivity contribution in [2.75, 3.05) is 19.7 Å². The summed E-state index contributed by atoms with van der Waals surface area (Å²) in [5.41, 5.74) is 0. The number of cyclic esters (lactones) is 1. The van der Waals surface area contributed by atoms with Crippen LogP contribution < -0.4 is 0 Å². The molecule has 0 N–H and O–H groups in total. The van der Waals surface area contributed by atoms with E-state index in [2.05, 4.69) is 0 Å². The molecule has 1 saturated carbocycles. The Labute approximate surface area is 130 Å². The average molecular weight is 309 g/mol. The monoisotopic (exact) mass is 309 g/mol. The van der Waals surface area contributed by atoms with E-state index in [1.165, 1.54) is 0 Å². The van der Waals surface area contributed by atoms with E-state index in [9.17, 15) is 14.4 Å². The summed E-state index contributed by atoms with van der Waals surface area (Å²) in [6, 6.07) is 0. The highest BCUT2D eigenvalue weighted by Gasteiger charge is 2.55. The second-order valence-electron chi connectivity index (χ2n) is 6.63. The van der Waals surface area contributed by atoms with Crippen LogP contribution >= 0.6 is 0 Å². The summed E-state index contributed by atoms with van der Waals surface area (Å²) in [6.07, 6.45) is 2.02. The number of ether oxygens (including phenoxy) is 2. The molecule has 6 atom stereocenters. The minimum absolute atomic E-state index is 0.000364. The van der Waals surface area contributed by atoms with E-state index >= 15 is 0 Å². The van der Waals surface area contributed by atoms with Crippen molar-refractivity contribution in [1.29, 1.82) is 0 Å². The van der Waals surface area contributed by atoms with Crippen LogP contribution in [-0.2, 0) is 19.1 Å². The number of nitrogens with zero attached hydrogens (tertiary/aromatic N) is 1. The summed E-state index contributed by atoms with van der Waals surface area (Å²) in [4.78, 5) is 37.3. The molecule has 122 valence electrons. The number of fused-ring (bicyclic) bond motifs is 2. The molecule has 2 aliphatic heterocycles. The average Bonchev–Trinajstić information content (AvgIpc) is 2.79. The van der Waals surface area contributed by atoms with Crippen LogP contribution in [0.2, 0.25) is 0 Å². The van der Waals surface area contributed by atoms with Gasteiger partial charge in [0.25, 0.3) is 0 Å². The maximum absolute atomic E-state index is 12.0. The number of hydrogen-bond acceptors (Lipinski definition) is 5. The van der Waals surface area contributed by atoms with Crippen LogP contribution in [-0.4, -0.2) is 49.0 Å².